The van der Waals surface area contributed by atoms with Crippen molar-refractivity contribution in [3.8, 4) is 57.1 Å². The lowest BCUT2D eigenvalue weighted by molar-refractivity contribution is 0.0992. The van der Waals surface area contributed by atoms with Crippen LogP contribution in [0.5, 0.6) is 46.0 Å². The Kier molecular flexibility index (Phi) is 7.07. The van der Waals surface area contributed by atoms with Gasteiger partial charge in [0, 0.05) is 43.8 Å². The number of ether oxygens (including phenoxy) is 6. The number of carbonyl (C=O) groups excluding carboxylic acids is 4. The topological polar surface area (TPSA) is 164 Å². The number of hydrogen-bond acceptors (Lipinski definition) is 12. The summed E-state index contributed by atoms with van der Waals surface area (Å²) < 4.78 is 33.7. The van der Waals surface area contributed by atoms with Crippen molar-refractivity contribution in [1.82, 2.24) is 0 Å². The summed E-state index contributed by atoms with van der Waals surface area (Å²) >= 11 is 0. The fourth-order valence-electron chi connectivity index (χ4n) is 6.31. The van der Waals surface area contributed by atoms with Gasteiger partial charge in [-0.1, -0.05) is 0 Å². The third kappa shape index (κ3) is 3.86. The van der Waals surface area contributed by atoms with Crippen molar-refractivity contribution < 1.29 is 57.8 Å². The van der Waals surface area contributed by atoms with Crippen LogP contribution >= 0.6 is 0 Å². The van der Waals surface area contributed by atoms with Gasteiger partial charge in [0.2, 0.25) is 11.5 Å². The summed E-state index contributed by atoms with van der Waals surface area (Å²) in [4.78, 5) is 53.6. The summed E-state index contributed by atoms with van der Waals surface area (Å²) in [5.41, 5.74) is -1.46. The molecular weight excluding hydrogens is 600 g/mol. The van der Waals surface area contributed by atoms with Crippen molar-refractivity contribution in [3.05, 3.63) is 58.7 Å². The van der Waals surface area contributed by atoms with Crippen molar-refractivity contribution in [1.29, 1.82) is 0 Å². The van der Waals surface area contributed by atoms with Gasteiger partial charge in [-0.05, 0) is 36.4 Å². The van der Waals surface area contributed by atoms with Gasteiger partial charge >= 0.3 is 0 Å². The van der Waals surface area contributed by atoms with Crippen molar-refractivity contribution >= 4 is 44.7 Å². The predicted octanol–water partition coefficient (Wildman–Crippen LogP) is 4.99. The van der Waals surface area contributed by atoms with Gasteiger partial charge in [0.25, 0.3) is 0 Å². The maximum absolute atomic E-state index is 13.4. The molecule has 2 aliphatic carbocycles. The van der Waals surface area contributed by atoms with Crippen LogP contribution in [0, 0.1) is 0 Å². The Bertz CT molecular complexity index is 2000. The van der Waals surface area contributed by atoms with E-state index in [1.165, 1.54) is 54.8 Å². The highest BCUT2D eigenvalue weighted by molar-refractivity contribution is 6.34. The Hall–Kier alpha value is -6.04. The van der Waals surface area contributed by atoms with Crippen molar-refractivity contribution in [2.75, 3.05) is 42.7 Å². The highest BCUT2D eigenvalue weighted by atomic mass is 16.5. The zero-order valence-corrected chi connectivity index (χ0v) is 25.4. The summed E-state index contributed by atoms with van der Waals surface area (Å²) in [6.45, 7) is 0. The highest BCUT2D eigenvalue weighted by Crippen LogP contribution is 2.58. The molecule has 0 unspecified atom stereocenters. The Morgan fingerprint density at radius 3 is 1.00 bits per heavy atom. The summed E-state index contributed by atoms with van der Waals surface area (Å²) in [5, 5.41) is 24.3. The molecule has 0 heterocycles. The third-order valence-corrected chi connectivity index (χ3v) is 8.15. The first kappa shape index (κ1) is 30.0. The standard InChI is InChI=1S/C34H26O12/c1-41-19-11-13-21(29(39)27-17(37)9-7-15(35)25(27)23(13)33(45-5)31(19)43-3)22-14-12-20(42-2)32(44-4)34(46-6)24(14)26-16(36)8-10-18(38)28(26)30(22)40/h7-12,39-40H,1-6H3. The molecule has 0 fully saturated rings. The second-order valence-corrected chi connectivity index (χ2v) is 10.2. The van der Waals surface area contributed by atoms with Gasteiger partial charge in [0.15, 0.2) is 46.1 Å². The van der Waals surface area contributed by atoms with Crippen LogP contribution in [0.4, 0.5) is 0 Å². The van der Waals surface area contributed by atoms with Crippen LogP contribution in [0.2, 0.25) is 0 Å². The fourth-order valence-corrected chi connectivity index (χ4v) is 6.31. The molecule has 12 nitrogen and oxygen atoms in total. The maximum Gasteiger partial charge on any atom is 0.203 e. The monoisotopic (exact) mass is 626 g/mol. The van der Waals surface area contributed by atoms with Gasteiger partial charge < -0.3 is 38.6 Å². The van der Waals surface area contributed by atoms with E-state index in [-0.39, 0.29) is 89.4 Å². The summed E-state index contributed by atoms with van der Waals surface area (Å²) in [7, 11) is 8.09. The Labute approximate surface area is 260 Å². The summed E-state index contributed by atoms with van der Waals surface area (Å²) in [6, 6.07) is 2.88. The Morgan fingerprint density at radius 1 is 0.413 bits per heavy atom. The molecule has 0 aliphatic heterocycles. The van der Waals surface area contributed by atoms with Crippen LogP contribution in [-0.2, 0) is 0 Å². The van der Waals surface area contributed by atoms with Gasteiger partial charge in [0.05, 0.1) is 53.8 Å². The second kappa shape index (κ2) is 10.8. The normalized spacial score (nSPS) is 13.6. The summed E-state index contributed by atoms with van der Waals surface area (Å²) in [6.07, 6.45) is 4.18. The number of rotatable bonds is 7. The van der Waals surface area contributed by atoms with E-state index in [1.807, 2.05) is 0 Å². The van der Waals surface area contributed by atoms with Crippen molar-refractivity contribution in [2.24, 2.45) is 0 Å². The molecule has 4 aromatic carbocycles. The molecule has 0 bridgehead atoms. The molecule has 6 rings (SSSR count). The lowest BCUT2D eigenvalue weighted by atomic mass is 9.79. The zero-order valence-electron chi connectivity index (χ0n) is 25.4. The smallest absolute Gasteiger partial charge is 0.203 e. The molecule has 0 amide bonds. The van der Waals surface area contributed by atoms with Gasteiger partial charge in [0.1, 0.15) is 11.5 Å². The van der Waals surface area contributed by atoms with E-state index >= 15 is 0 Å². The van der Waals surface area contributed by atoms with E-state index in [9.17, 15) is 29.4 Å². The van der Waals surface area contributed by atoms with E-state index in [4.69, 9.17) is 28.4 Å². The highest BCUT2D eigenvalue weighted by Gasteiger charge is 2.38. The molecule has 234 valence electrons. The summed E-state index contributed by atoms with van der Waals surface area (Å²) in [5.74, 6) is -3.59. The van der Waals surface area contributed by atoms with Crippen LogP contribution in [0.25, 0.3) is 32.7 Å². The first-order valence-electron chi connectivity index (χ1n) is 13.7. The number of methoxy groups -OCH3 is 6. The molecule has 46 heavy (non-hydrogen) atoms. The third-order valence-electron chi connectivity index (χ3n) is 8.15. The number of phenols is 2. The van der Waals surface area contributed by atoms with Crippen LogP contribution < -0.4 is 28.4 Å². The SMILES string of the molecule is COc1cc2c(-c3c(O)c4c(c5c(OC)c(OC)c(OC)cc35)C(=O)C=CC4=O)c(O)c3c(c2c(OC)c1OC)C(=O)C=CC3=O. The molecule has 0 aromatic heterocycles. The Morgan fingerprint density at radius 2 is 0.717 bits per heavy atom. The first-order chi connectivity index (χ1) is 22.1. The number of aromatic hydroxyl groups is 2. The molecule has 2 N–H and O–H groups in total. The van der Waals surface area contributed by atoms with Gasteiger partial charge in [-0.2, -0.15) is 0 Å². The minimum absolute atomic E-state index is 0.00132. The number of fused-ring (bicyclic) bond motifs is 6. The van der Waals surface area contributed by atoms with Crippen LogP contribution in [0.3, 0.4) is 0 Å². The van der Waals surface area contributed by atoms with E-state index < -0.39 is 34.6 Å². The lowest BCUT2D eigenvalue weighted by Crippen LogP contribution is -2.16. The number of allylic oxidation sites excluding steroid dienone is 4. The molecule has 0 spiro atoms. The molecule has 4 aromatic rings. The van der Waals surface area contributed by atoms with E-state index in [1.54, 1.807) is 0 Å². The van der Waals surface area contributed by atoms with Gasteiger partial charge in [-0.3, -0.25) is 19.2 Å². The zero-order chi connectivity index (χ0) is 33.2. The van der Waals surface area contributed by atoms with Gasteiger partial charge in [-0.25, -0.2) is 0 Å². The van der Waals surface area contributed by atoms with E-state index in [0.717, 1.165) is 24.3 Å². The van der Waals surface area contributed by atoms with Crippen molar-refractivity contribution in [3.63, 3.8) is 0 Å². The fraction of sp³-hybridized carbons (Fsp3) is 0.176. The average molecular weight is 627 g/mol. The molecule has 0 atom stereocenters. The molecule has 0 radical (unpaired) electrons. The van der Waals surface area contributed by atoms with Crippen LogP contribution in [-0.4, -0.2) is 76.0 Å². The van der Waals surface area contributed by atoms with E-state index in [0.29, 0.717) is 0 Å². The van der Waals surface area contributed by atoms with E-state index in [2.05, 4.69) is 0 Å². The maximum atomic E-state index is 13.4. The van der Waals surface area contributed by atoms with Crippen molar-refractivity contribution in [2.45, 2.75) is 0 Å². The van der Waals surface area contributed by atoms with Crippen LogP contribution in [0.1, 0.15) is 41.4 Å². The predicted molar refractivity (Wildman–Crippen MR) is 165 cm³/mol. The number of carbonyl (C=O) groups is 4. The van der Waals surface area contributed by atoms with Crippen LogP contribution in [0.15, 0.2) is 36.4 Å². The lowest BCUT2D eigenvalue weighted by Gasteiger charge is -2.26. The number of benzene rings is 4. The molecule has 2 aliphatic rings. The minimum atomic E-state index is -0.708. The molecule has 0 saturated carbocycles. The first-order valence-corrected chi connectivity index (χ1v) is 13.7. The number of phenolic OH excluding ortho intramolecular Hbond substituents is 2. The number of hydrogen-bond donors (Lipinski definition) is 2. The second-order valence-electron chi connectivity index (χ2n) is 10.2. The Balaban J connectivity index is 1.99. The average Bonchev–Trinajstić information content (AvgIpc) is 3.06. The quantitative estimate of drug-likeness (QED) is 0.283. The van der Waals surface area contributed by atoms with Gasteiger partial charge in [-0.15, -0.1) is 0 Å². The number of ketones is 4. The molecular formula is C34H26O12. The molecule has 12 heteroatoms. The largest absolute Gasteiger partial charge is 0.506 e. The molecule has 0 saturated heterocycles. The minimum Gasteiger partial charge on any atom is -0.506 e.